The summed E-state index contributed by atoms with van der Waals surface area (Å²) in [5, 5.41) is 0. The van der Waals surface area contributed by atoms with E-state index in [9.17, 15) is 4.21 Å². The average molecular weight is 178 g/mol. The fourth-order valence-corrected chi connectivity index (χ4v) is 1.88. The fourth-order valence-electron chi connectivity index (χ4n) is 1.34. The van der Waals surface area contributed by atoms with Gasteiger partial charge in [0.05, 0.1) is 18.5 Å². The van der Waals surface area contributed by atoms with Gasteiger partial charge in [-0.25, -0.2) is 4.21 Å². The highest BCUT2D eigenvalue weighted by atomic mass is 32.2. The van der Waals surface area contributed by atoms with Gasteiger partial charge in [0.25, 0.3) is 0 Å². The second kappa shape index (κ2) is 3.21. The van der Waals surface area contributed by atoms with Crippen molar-refractivity contribution in [3.8, 4) is 0 Å². The molecule has 1 heterocycles. The van der Waals surface area contributed by atoms with Gasteiger partial charge in [-0.3, -0.25) is 0 Å². The van der Waals surface area contributed by atoms with Crippen molar-refractivity contribution in [3.63, 3.8) is 0 Å². The van der Waals surface area contributed by atoms with Crippen molar-refractivity contribution < 1.29 is 13.5 Å². The monoisotopic (exact) mass is 178 g/mol. The normalized spacial score (nSPS) is 32.1. The van der Waals surface area contributed by atoms with E-state index in [-0.39, 0.29) is 17.3 Å². The van der Waals surface area contributed by atoms with Gasteiger partial charge >= 0.3 is 0 Å². The van der Waals surface area contributed by atoms with Crippen LogP contribution in [-0.4, -0.2) is 27.2 Å². The first-order valence-electron chi connectivity index (χ1n) is 3.69. The summed E-state index contributed by atoms with van der Waals surface area (Å²) >= 11 is -1.71. The highest BCUT2D eigenvalue weighted by molar-refractivity contribution is 7.79. The molecule has 1 saturated heterocycles. The summed E-state index contributed by atoms with van der Waals surface area (Å²) in [6.45, 7) is 4.91. The van der Waals surface area contributed by atoms with E-state index in [4.69, 9.17) is 9.29 Å². The van der Waals surface area contributed by atoms with E-state index >= 15 is 0 Å². The van der Waals surface area contributed by atoms with Crippen molar-refractivity contribution >= 4 is 11.1 Å². The third-order valence-corrected chi connectivity index (χ3v) is 2.48. The maximum Gasteiger partial charge on any atom is 0.155 e. The molecule has 0 aromatic rings. The molecule has 1 aliphatic rings. The molecule has 0 aromatic heterocycles. The maximum absolute atomic E-state index is 10.4. The van der Waals surface area contributed by atoms with E-state index in [0.29, 0.717) is 6.61 Å². The Bertz CT molecular complexity index is 167. The Hall–Kier alpha value is 0.0700. The van der Waals surface area contributed by atoms with Gasteiger partial charge in [-0.15, -0.1) is 0 Å². The molecule has 1 fully saturated rings. The Labute approximate surface area is 69.4 Å². The van der Waals surface area contributed by atoms with Crippen LogP contribution in [0.4, 0.5) is 0 Å². The molecule has 2 atom stereocenters. The molecule has 0 saturated carbocycles. The van der Waals surface area contributed by atoms with E-state index in [1.165, 1.54) is 0 Å². The SMILES string of the molecule is CC1(C)COC(CS(=O)O)C1. The first kappa shape index (κ1) is 9.16. The molecule has 66 valence electrons. The first-order valence-corrected chi connectivity index (χ1v) is 4.96. The molecule has 4 heteroatoms. The molecule has 1 N–H and O–H groups in total. The Morgan fingerprint density at radius 1 is 1.73 bits per heavy atom. The number of hydrogen-bond acceptors (Lipinski definition) is 2. The van der Waals surface area contributed by atoms with E-state index < -0.39 is 11.1 Å². The standard InChI is InChI=1S/C7H14O3S/c1-7(2)3-6(10-5-7)4-11(8)9/h6H,3-5H2,1-2H3,(H,8,9). The van der Waals surface area contributed by atoms with Crippen LogP contribution in [0.5, 0.6) is 0 Å². The molecule has 2 unspecified atom stereocenters. The largest absolute Gasteiger partial charge is 0.377 e. The molecule has 1 rings (SSSR count). The van der Waals surface area contributed by atoms with Gasteiger partial charge in [0.1, 0.15) is 0 Å². The molecular weight excluding hydrogens is 164 g/mol. The van der Waals surface area contributed by atoms with Crippen LogP contribution >= 0.6 is 0 Å². The number of rotatable bonds is 2. The predicted octanol–water partition coefficient (Wildman–Crippen LogP) is 1.02. The lowest BCUT2D eigenvalue weighted by Gasteiger charge is -2.12. The summed E-state index contributed by atoms with van der Waals surface area (Å²) in [4.78, 5) is 0. The summed E-state index contributed by atoms with van der Waals surface area (Å²) in [6.07, 6.45) is 0.870. The Morgan fingerprint density at radius 2 is 2.36 bits per heavy atom. The third-order valence-electron chi connectivity index (χ3n) is 1.82. The first-order chi connectivity index (χ1) is 4.99. The number of ether oxygens (including phenoxy) is 1. The average Bonchev–Trinajstić information content (AvgIpc) is 2.08. The second-order valence-corrected chi connectivity index (χ2v) is 4.77. The van der Waals surface area contributed by atoms with Crippen LogP contribution in [0.2, 0.25) is 0 Å². The molecule has 11 heavy (non-hydrogen) atoms. The van der Waals surface area contributed by atoms with Gasteiger partial charge < -0.3 is 9.29 Å². The van der Waals surface area contributed by atoms with Gasteiger partial charge in [0, 0.05) is 0 Å². The highest BCUT2D eigenvalue weighted by Crippen LogP contribution is 2.31. The van der Waals surface area contributed by atoms with Crippen molar-refractivity contribution in [2.24, 2.45) is 5.41 Å². The van der Waals surface area contributed by atoms with Gasteiger partial charge in [0.15, 0.2) is 11.1 Å². The molecule has 0 aliphatic carbocycles. The quantitative estimate of drug-likeness (QED) is 0.642. The van der Waals surface area contributed by atoms with E-state index in [1.54, 1.807) is 0 Å². The summed E-state index contributed by atoms with van der Waals surface area (Å²) in [5.74, 6) is 0.253. The number of hydrogen-bond donors (Lipinski definition) is 1. The van der Waals surface area contributed by atoms with Crippen LogP contribution in [0.25, 0.3) is 0 Å². The Morgan fingerprint density at radius 3 is 2.73 bits per heavy atom. The van der Waals surface area contributed by atoms with Gasteiger partial charge in [-0.05, 0) is 11.8 Å². The molecule has 0 radical (unpaired) electrons. The highest BCUT2D eigenvalue weighted by Gasteiger charge is 2.32. The van der Waals surface area contributed by atoms with Crippen LogP contribution in [-0.2, 0) is 15.8 Å². The minimum Gasteiger partial charge on any atom is -0.377 e. The van der Waals surface area contributed by atoms with Crippen LogP contribution < -0.4 is 0 Å². The molecule has 0 spiro atoms. The van der Waals surface area contributed by atoms with Gasteiger partial charge in [-0.2, -0.15) is 0 Å². The van der Waals surface area contributed by atoms with Crippen molar-refractivity contribution in [1.82, 2.24) is 0 Å². The minimum absolute atomic E-state index is 0.0177. The fraction of sp³-hybridized carbons (Fsp3) is 1.00. The smallest absolute Gasteiger partial charge is 0.155 e. The van der Waals surface area contributed by atoms with Crippen LogP contribution in [0, 0.1) is 5.41 Å². The molecule has 0 aromatic carbocycles. The Kier molecular flexibility index (Phi) is 2.67. The molecule has 3 nitrogen and oxygen atoms in total. The van der Waals surface area contributed by atoms with Gasteiger partial charge in [0.2, 0.25) is 0 Å². The summed E-state index contributed by atoms with van der Waals surface area (Å²) in [6, 6.07) is 0. The van der Waals surface area contributed by atoms with Gasteiger partial charge in [-0.1, -0.05) is 13.8 Å². The van der Waals surface area contributed by atoms with Crippen molar-refractivity contribution in [1.29, 1.82) is 0 Å². The summed E-state index contributed by atoms with van der Waals surface area (Å²) in [7, 11) is 0. The van der Waals surface area contributed by atoms with Crippen LogP contribution in [0.1, 0.15) is 20.3 Å². The van der Waals surface area contributed by atoms with Crippen LogP contribution in [0.15, 0.2) is 0 Å². The van der Waals surface area contributed by atoms with E-state index in [2.05, 4.69) is 13.8 Å². The van der Waals surface area contributed by atoms with E-state index in [0.717, 1.165) is 6.42 Å². The summed E-state index contributed by atoms with van der Waals surface area (Å²) in [5.41, 5.74) is 0.185. The lowest BCUT2D eigenvalue weighted by Crippen LogP contribution is -2.16. The summed E-state index contributed by atoms with van der Waals surface area (Å²) < 4.78 is 24.3. The molecule has 1 aliphatic heterocycles. The third kappa shape index (κ3) is 2.89. The zero-order valence-electron chi connectivity index (χ0n) is 6.87. The molecular formula is C7H14O3S. The van der Waals surface area contributed by atoms with Crippen molar-refractivity contribution in [2.45, 2.75) is 26.4 Å². The van der Waals surface area contributed by atoms with E-state index in [1.807, 2.05) is 0 Å². The van der Waals surface area contributed by atoms with Crippen LogP contribution in [0.3, 0.4) is 0 Å². The molecule has 0 bridgehead atoms. The zero-order chi connectivity index (χ0) is 8.48. The van der Waals surface area contributed by atoms with Crippen molar-refractivity contribution in [2.75, 3.05) is 12.4 Å². The predicted molar refractivity (Wildman–Crippen MR) is 43.8 cm³/mol. The molecule has 0 amide bonds. The topological polar surface area (TPSA) is 46.5 Å². The lowest BCUT2D eigenvalue weighted by molar-refractivity contribution is 0.113. The second-order valence-electron chi connectivity index (χ2n) is 3.79. The zero-order valence-corrected chi connectivity index (χ0v) is 7.69. The Balaban J connectivity index is 2.36. The lowest BCUT2D eigenvalue weighted by atomic mass is 9.91. The van der Waals surface area contributed by atoms with Crippen molar-refractivity contribution in [3.05, 3.63) is 0 Å². The maximum atomic E-state index is 10.4. The minimum atomic E-state index is -1.71.